The second-order valence-corrected chi connectivity index (χ2v) is 6.06. The lowest BCUT2D eigenvalue weighted by Crippen LogP contribution is -2.34. The van der Waals surface area contributed by atoms with Gasteiger partial charge in [-0.15, -0.1) is 0 Å². The van der Waals surface area contributed by atoms with Crippen molar-refractivity contribution >= 4 is 0 Å². The van der Waals surface area contributed by atoms with Gasteiger partial charge in [-0.2, -0.15) is 0 Å². The molecular weight excluding hydrogens is 260 g/mol. The van der Waals surface area contributed by atoms with Crippen LogP contribution in [0.2, 0.25) is 0 Å². The molecular formula is C16H23F2NO. The zero-order valence-electron chi connectivity index (χ0n) is 12.5. The van der Waals surface area contributed by atoms with Crippen LogP contribution < -0.4 is 5.32 Å². The Morgan fingerprint density at radius 3 is 2.50 bits per heavy atom. The summed E-state index contributed by atoms with van der Waals surface area (Å²) in [6.07, 6.45) is 1.08. The smallest absolute Gasteiger partial charge is 0.130 e. The van der Waals surface area contributed by atoms with Gasteiger partial charge < -0.3 is 10.1 Å². The van der Waals surface area contributed by atoms with E-state index in [1.165, 1.54) is 0 Å². The predicted octanol–water partition coefficient (Wildman–Crippen LogP) is 3.74. The lowest BCUT2D eigenvalue weighted by Gasteiger charge is -2.27. The van der Waals surface area contributed by atoms with Crippen LogP contribution in [0.5, 0.6) is 0 Å². The molecule has 1 fully saturated rings. The molecule has 20 heavy (non-hydrogen) atoms. The van der Waals surface area contributed by atoms with E-state index in [-0.39, 0.29) is 24.1 Å². The van der Waals surface area contributed by atoms with Gasteiger partial charge in [-0.3, -0.25) is 0 Å². The summed E-state index contributed by atoms with van der Waals surface area (Å²) in [6, 6.07) is 2.69. The van der Waals surface area contributed by atoms with Gasteiger partial charge in [0.2, 0.25) is 0 Å². The molecule has 0 bridgehead atoms. The fraction of sp³-hybridized carbons (Fsp3) is 0.625. The van der Waals surface area contributed by atoms with Crippen molar-refractivity contribution in [2.45, 2.75) is 52.3 Å². The van der Waals surface area contributed by atoms with Crippen LogP contribution >= 0.6 is 0 Å². The zero-order chi connectivity index (χ0) is 14.9. The number of halogens is 2. The average molecular weight is 283 g/mol. The maximum atomic E-state index is 14.2. The van der Waals surface area contributed by atoms with Crippen LogP contribution in [0.15, 0.2) is 12.1 Å². The molecule has 112 valence electrons. The molecule has 0 aromatic heterocycles. The summed E-state index contributed by atoms with van der Waals surface area (Å²) < 4.78 is 33.2. The van der Waals surface area contributed by atoms with Crippen LogP contribution in [0.1, 0.15) is 44.4 Å². The van der Waals surface area contributed by atoms with Gasteiger partial charge in [0.15, 0.2) is 0 Å². The van der Waals surface area contributed by atoms with E-state index in [1.807, 2.05) is 20.8 Å². The molecule has 1 aromatic rings. The van der Waals surface area contributed by atoms with Crippen molar-refractivity contribution in [3.8, 4) is 0 Å². The summed E-state index contributed by atoms with van der Waals surface area (Å²) in [6.45, 7) is 8.36. The van der Waals surface area contributed by atoms with Crippen molar-refractivity contribution in [2.75, 3.05) is 6.61 Å². The first-order valence-corrected chi connectivity index (χ1v) is 7.21. The SMILES string of the molecule is Cc1cc(C(NC(C)C)C2COC(C)C2)c(F)cc1F. The lowest BCUT2D eigenvalue weighted by atomic mass is 9.89. The Hall–Kier alpha value is -1.00. The molecule has 0 spiro atoms. The van der Waals surface area contributed by atoms with Crippen LogP contribution in [-0.2, 0) is 4.74 Å². The highest BCUT2D eigenvalue weighted by Crippen LogP contribution is 2.34. The fourth-order valence-electron chi connectivity index (χ4n) is 2.84. The molecule has 2 nitrogen and oxygen atoms in total. The molecule has 0 aliphatic carbocycles. The molecule has 1 aromatic carbocycles. The van der Waals surface area contributed by atoms with Crippen LogP contribution in [0, 0.1) is 24.5 Å². The molecule has 0 amide bonds. The normalized spacial score (nSPS) is 24.4. The number of hydrogen-bond donors (Lipinski definition) is 1. The first kappa shape index (κ1) is 15.4. The van der Waals surface area contributed by atoms with E-state index < -0.39 is 11.6 Å². The van der Waals surface area contributed by atoms with Crippen LogP contribution in [-0.4, -0.2) is 18.8 Å². The Bertz CT molecular complexity index is 476. The maximum Gasteiger partial charge on any atom is 0.130 e. The second-order valence-electron chi connectivity index (χ2n) is 6.06. The molecule has 4 heteroatoms. The second kappa shape index (κ2) is 6.19. The average Bonchev–Trinajstić information content (AvgIpc) is 2.77. The number of ether oxygens (including phenoxy) is 1. The fourth-order valence-corrected chi connectivity index (χ4v) is 2.84. The predicted molar refractivity (Wildman–Crippen MR) is 75.6 cm³/mol. The summed E-state index contributed by atoms with van der Waals surface area (Å²) >= 11 is 0. The minimum absolute atomic E-state index is 0.140. The minimum Gasteiger partial charge on any atom is -0.378 e. The molecule has 3 atom stereocenters. The van der Waals surface area contributed by atoms with Gasteiger partial charge in [0.1, 0.15) is 11.6 Å². The number of hydrogen-bond acceptors (Lipinski definition) is 2. The molecule has 1 heterocycles. The maximum absolute atomic E-state index is 14.2. The van der Waals surface area contributed by atoms with E-state index in [4.69, 9.17) is 4.74 Å². The monoisotopic (exact) mass is 283 g/mol. The van der Waals surface area contributed by atoms with E-state index in [0.717, 1.165) is 12.5 Å². The highest BCUT2D eigenvalue weighted by Gasteiger charge is 2.32. The first-order chi connectivity index (χ1) is 9.38. The molecule has 2 rings (SSSR count). The molecule has 0 radical (unpaired) electrons. The van der Waals surface area contributed by atoms with Crippen molar-refractivity contribution < 1.29 is 13.5 Å². The van der Waals surface area contributed by atoms with Crippen LogP contribution in [0.25, 0.3) is 0 Å². The van der Waals surface area contributed by atoms with E-state index in [0.29, 0.717) is 17.7 Å². The Labute approximate surface area is 119 Å². The molecule has 3 unspecified atom stereocenters. The summed E-state index contributed by atoms with van der Waals surface area (Å²) in [5.41, 5.74) is 1.02. The summed E-state index contributed by atoms with van der Waals surface area (Å²) in [4.78, 5) is 0. The topological polar surface area (TPSA) is 21.3 Å². The van der Waals surface area contributed by atoms with Gasteiger partial charge in [0.05, 0.1) is 12.7 Å². The summed E-state index contributed by atoms with van der Waals surface area (Å²) in [7, 11) is 0. The lowest BCUT2D eigenvalue weighted by molar-refractivity contribution is 0.116. The van der Waals surface area contributed by atoms with E-state index >= 15 is 0 Å². The van der Waals surface area contributed by atoms with E-state index in [9.17, 15) is 8.78 Å². The highest BCUT2D eigenvalue weighted by atomic mass is 19.1. The third-order valence-corrected chi connectivity index (χ3v) is 3.83. The minimum atomic E-state index is -0.495. The van der Waals surface area contributed by atoms with Crippen molar-refractivity contribution in [3.63, 3.8) is 0 Å². The van der Waals surface area contributed by atoms with Crippen molar-refractivity contribution in [1.82, 2.24) is 5.32 Å². The Morgan fingerprint density at radius 2 is 1.95 bits per heavy atom. The first-order valence-electron chi connectivity index (χ1n) is 7.21. The van der Waals surface area contributed by atoms with Gasteiger partial charge in [0.25, 0.3) is 0 Å². The van der Waals surface area contributed by atoms with Crippen molar-refractivity contribution in [2.24, 2.45) is 5.92 Å². The zero-order valence-corrected chi connectivity index (χ0v) is 12.5. The largest absolute Gasteiger partial charge is 0.378 e. The van der Waals surface area contributed by atoms with Gasteiger partial charge in [-0.05, 0) is 31.9 Å². The molecule has 0 saturated carbocycles. The Morgan fingerprint density at radius 1 is 1.25 bits per heavy atom. The molecule has 1 N–H and O–H groups in total. The quantitative estimate of drug-likeness (QED) is 0.909. The Kier molecular flexibility index (Phi) is 4.76. The van der Waals surface area contributed by atoms with Crippen molar-refractivity contribution in [1.29, 1.82) is 0 Å². The van der Waals surface area contributed by atoms with Crippen LogP contribution in [0.4, 0.5) is 8.78 Å². The van der Waals surface area contributed by atoms with Gasteiger partial charge >= 0.3 is 0 Å². The summed E-state index contributed by atoms with van der Waals surface area (Å²) in [5.74, 6) is -0.761. The third kappa shape index (κ3) is 3.36. The number of nitrogens with one attached hydrogen (secondary N) is 1. The third-order valence-electron chi connectivity index (χ3n) is 3.83. The number of rotatable bonds is 4. The number of aryl methyl sites for hydroxylation is 1. The molecule has 1 aliphatic heterocycles. The van der Waals surface area contributed by atoms with Crippen molar-refractivity contribution in [3.05, 3.63) is 34.9 Å². The van der Waals surface area contributed by atoms with E-state index in [2.05, 4.69) is 5.32 Å². The van der Waals surface area contributed by atoms with Gasteiger partial charge in [0, 0.05) is 29.6 Å². The Balaban J connectivity index is 2.33. The number of benzene rings is 1. The van der Waals surface area contributed by atoms with Gasteiger partial charge in [-0.1, -0.05) is 13.8 Å². The van der Waals surface area contributed by atoms with Gasteiger partial charge in [-0.25, -0.2) is 8.78 Å². The summed E-state index contributed by atoms with van der Waals surface area (Å²) in [5, 5.41) is 3.40. The highest BCUT2D eigenvalue weighted by molar-refractivity contribution is 5.29. The van der Waals surface area contributed by atoms with E-state index in [1.54, 1.807) is 13.0 Å². The standard InChI is InChI=1S/C16H23F2NO/c1-9(2)19-16(12-6-11(4)20-8-12)13-5-10(3)14(17)7-15(13)18/h5,7,9,11-12,16,19H,6,8H2,1-4H3. The molecule has 1 aliphatic rings. The van der Waals surface area contributed by atoms with Crippen LogP contribution in [0.3, 0.4) is 0 Å². The molecule has 1 saturated heterocycles.